The van der Waals surface area contributed by atoms with E-state index in [0.29, 0.717) is 34.0 Å². The first kappa shape index (κ1) is 23.6. The number of amides is 1. The Morgan fingerprint density at radius 2 is 1.65 bits per heavy atom. The average molecular weight is 475 g/mol. The zero-order valence-corrected chi connectivity index (χ0v) is 20.1. The number of nitrogens with zero attached hydrogens (tertiary/aromatic N) is 1. The molecular weight excluding hydrogens is 448 g/mol. The third kappa shape index (κ3) is 5.49. The molecule has 1 heterocycles. The number of fused-ring (bicyclic) bond motifs is 1. The third-order valence-corrected chi connectivity index (χ3v) is 6.17. The lowest BCUT2D eigenvalue weighted by Crippen LogP contribution is -2.30. The summed E-state index contributed by atoms with van der Waals surface area (Å²) in [6.07, 6.45) is 2.33. The molecule has 0 aliphatic heterocycles. The van der Waals surface area contributed by atoms with E-state index in [0.717, 1.165) is 18.2 Å². The average Bonchev–Trinajstić information content (AvgIpc) is 2.86. The van der Waals surface area contributed by atoms with Crippen LogP contribution in [-0.2, 0) is 30.6 Å². The second-order valence-corrected chi connectivity index (χ2v) is 8.65. The molecule has 0 atom stereocenters. The van der Waals surface area contributed by atoms with Gasteiger partial charge in [-0.1, -0.05) is 42.8 Å². The number of methoxy groups -OCH3 is 1. The fourth-order valence-corrected chi connectivity index (χ4v) is 4.10. The highest BCUT2D eigenvalue weighted by Crippen LogP contribution is 2.22. The molecule has 4 aromatic rings. The minimum absolute atomic E-state index is 0.107. The Labute approximate surface area is 204 Å². The van der Waals surface area contributed by atoms with Gasteiger partial charge in [-0.05, 0) is 78.2 Å². The number of halogens is 1. The molecule has 3 aromatic carbocycles. The highest BCUT2D eigenvalue weighted by molar-refractivity contribution is 6.30. The molecule has 0 saturated heterocycles. The van der Waals surface area contributed by atoms with Crippen LogP contribution in [0.5, 0.6) is 5.75 Å². The van der Waals surface area contributed by atoms with Gasteiger partial charge in [0.2, 0.25) is 5.91 Å². The molecule has 174 valence electrons. The van der Waals surface area contributed by atoms with Crippen molar-refractivity contribution in [2.45, 2.75) is 32.7 Å². The van der Waals surface area contributed by atoms with E-state index in [1.807, 2.05) is 18.2 Å². The molecule has 1 N–H and O–H groups in total. The van der Waals surface area contributed by atoms with Crippen molar-refractivity contribution in [3.8, 4) is 5.75 Å². The molecule has 0 spiro atoms. The van der Waals surface area contributed by atoms with Gasteiger partial charge in [-0.3, -0.25) is 14.2 Å². The fraction of sp³-hybridized carbons (Fsp3) is 0.214. The van der Waals surface area contributed by atoms with Gasteiger partial charge >= 0.3 is 0 Å². The van der Waals surface area contributed by atoms with Crippen molar-refractivity contribution in [3.05, 3.63) is 105 Å². The predicted octanol–water partition coefficient (Wildman–Crippen LogP) is 5.65. The van der Waals surface area contributed by atoms with Crippen LogP contribution >= 0.6 is 11.6 Å². The molecule has 0 bridgehead atoms. The van der Waals surface area contributed by atoms with Gasteiger partial charge in [0.25, 0.3) is 5.56 Å². The normalized spacial score (nSPS) is 10.9. The van der Waals surface area contributed by atoms with Crippen molar-refractivity contribution in [1.29, 1.82) is 0 Å². The first-order valence-corrected chi connectivity index (χ1v) is 11.7. The van der Waals surface area contributed by atoms with Gasteiger partial charge in [0, 0.05) is 22.3 Å². The maximum Gasteiger partial charge on any atom is 0.254 e. The molecule has 1 aromatic heterocycles. The minimum atomic E-state index is -0.291. The van der Waals surface area contributed by atoms with Crippen LogP contribution < -0.4 is 15.6 Å². The second-order valence-electron chi connectivity index (χ2n) is 8.21. The van der Waals surface area contributed by atoms with Crippen LogP contribution in [0.15, 0.2) is 77.6 Å². The summed E-state index contributed by atoms with van der Waals surface area (Å²) < 4.78 is 6.88. The molecule has 0 unspecified atom stereocenters. The molecule has 0 aliphatic carbocycles. The molecule has 5 nitrogen and oxygen atoms in total. The standard InChI is InChI=1S/C28H27ClN2O3/c1-3-19-4-6-20(7-5-19)8-9-22-16-21-10-15-25(34-2)17-26(21)31(28(22)33)18-27(32)30-24-13-11-23(29)12-14-24/h4-7,10-17H,3,8-9,18H2,1-2H3,(H,30,32). The molecule has 0 saturated carbocycles. The van der Waals surface area contributed by atoms with E-state index in [4.69, 9.17) is 16.3 Å². The molecule has 34 heavy (non-hydrogen) atoms. The lowest BCUT2D eigenvalue weighted by molar-refractivity contribution is -0.116. The topological polar surface area (TPSA) is 60.3 Å². The number of aryl methyl sites for hydroxylation is 3. The van der Waals surface area contributed by atoms with Crippen molar-refractivity contribution in [1.82, 2.24) is 4.57 Å². The summed E-state index contributed by atoms with van der Waals surface area (Å²) in [6.45, 7) is 2.02. The molecule has 6 heteroatoms. The summed E-state index contributed by atoms with van der Waals surface area (Å²) in [5.41, 5.74) is 4.26. The molecule has 0 radical (unpaired) electrons. The largest absolute Gasteiger partial charge is 0.497 e. The zero-order chi connectivity index (χ0) is 24.1. The highest BCUT2D eigenvalue weighted by atomic mass is 35.5. The molecule has 0 aliphatic rings. The minimum Gasteiger partial charge on any atom is -0.497 e. The van der Waals surface area contributed by atoms with Crippen LogP contribution in [0.25, 0.3) is 10.9 Å². The number of hydrogen-bond donors (Lipinski definition) is 1. The molecule has 4 rings (SSSR count). The SMILES string of the molecule is CCc1ccc(CCc2cc3ccc(OC)cc3n(CC(=O)Nc3ccc(Cl)cc3)c2=O)cc1. The monoisotopic (exact) mass is 474 g/mol. The lowest BCUT2D eigenvalue weighted by Gasteiger charge is -2.14. The molecule has 1 amide bonds. The summed E-state index contributed by atoms with van der Waals surface area (Å²) in [5, 5.41) is 4.31. The summed E-state index contributed by atoms with van der Waals surface area (Å²) >= 11 is 5.93. The Morgan fingerprint density at radius 1 is 0.941 bits per heavy atom. The summed E-state index contributed by atoms with van der Waals surface area (Å²) in [4.78, 5) is 26.3. The quantitative estimate of drug-likeness (QED) is 0.359. The Kier molecular flexibility index (Phi) is 7.33. The molecule has 0 fully saturated rings. The summed E-state index contributed by atoms with van der Waals surface area (Å²) in [7, 11) is 1.58. The van der Waals surface area contributed by atoms with Crippen molar-refractivity contribution in [3.63, 3.8) is 0 Å². The number of carbonyl (C=O) groups is 1. The van der Waals surface area contributed by atoms with E-state index in [2.05, 4.69) is 36.5 Å². The second kappa shape index (κ2) is 10.6. The van der Waals surface area contributed by atoms with Crippen LogP contribution in [0.4, 0.5) is 5.69 Å². The Hall–Kier alpha value is -3.57. The number of aromatic nitrogens is 1. The first-order chi connectivity index (χ1) is 16.5. The smallest absolute Gasteiger partial charge is 0.254 e. The zero-order valence-electron chi connectivity index (χ0n) is 19.3. The maximum absolute atomic E-state index is 13.5. The van der Waals surface area contributed by atoms with Crippen molar-refractivity contribution in [2.75, 3.05) is 12.4 Å². The number of nitrogens with one attached hydrogen (secondary N) is 1. The van der Waals surface area contributed by atoms with Gasteiger partial charge in [-0.25, -0.2) is 0 Å². The highest BCUT2D eigenvalue weighted by Gasteiger charge is 2.14. The van der Waals surface area contributed by atoms with E-state index in [1.165, 1.54) is 15.7 Å². The Bertz CT molecular complexity index is 1360. The van der Waals surface area contributed by atoms with E-state index in [1.54, 1.807) is 37.4 Å². The van der Waals surface area contributed by atoms with Crippen LogP contribution in [0.1, 0.15) is 23.6 Å². The van der Waals surface area contributed by atoms with Gasteiger partial charge in [0.05, 0.1) is 12.6 Å². The number of anilines is 1. The number of rotatable bonds is 8. The van der Waals surface area contributed by atoms with Gasteiger partial charge in [0.15, 0.2) is 0 Å². The number of carbonyl (C=O) groups excluding carboxylic acids is 1. The van der Waals surface area contributed by atoms with Crippen LogP contribution in [0.2, 0.25) is 5.02 Å². The van der Waals surface area contributed by atoms with Crippen molar-refractivity contribution >= 4 is 34.1 Å². The Morgan fingerprint density at radius 3 is 2.32 bits per heavy atom. The van der Waals surface area contributed by atoms with Gasteiger partial charge in [-0.2, -0.15) is 0 Å². The molecular formula is C28H27ClN2O3. The number of hydrogen-bond acceptors (Lipinski definition) is 3. The number of ether oxygens (including phenoxy) is 1. The van der Waals surface area contributed by atoms with E-state index in [9.17, 15) is 9.59 Å². The van der Waals surface area contributed by atoms with E-state index < -0.39 is 0 Å². The van der Waals surface area contributed by atoms with E-state index >= 15 is 0 Å². The summed E-state index contributed by atoms with van der Waals surface area (Å²) in [6, 6.07) is 22.8. The lowest BCUT2D eigenvalue weighted by atomic mass is 10.0. The van der Waals surface area contributed by atoms with Crippen molar-refractivity contribution in [2.24, 2.45) is 0 Å². The van der Waals surface area contributed by atoms with Gasteiger partial charge in [0.1, 0.15) is 12.3 Å². The Balaban J connectivity index is 1.64. The number of benzene rings is 3. The maximum atomic E-state index is 13.5. The van der Waals surface area contributed by atoms with E-state index in [-0.39, 0.29) is 18.0 Å². The fourth-order valence-electron chi connectivity index (χ4n) is 3.97. The van der Waals surface area contributed by atoms with Crippen LogP contribution in [0.3, 0.4) is 0 Å². The van der Waals surface area contributed by atoms with Gasteiger partial charge < -0.3 is 10.1 Å². The van der Waals surface area contributed by atoms with Crippen LogP contribution in [0, 0.1) is 0 Å². The number of pyridine rings is 1. The summed E-state index contributed by atoms with van der Waals surface area (Å²) in [5.74, 6) is 0.336. The third-order valence-electron chi connectivity index (χ3n) is 5.92. The van der Waals surface area contributed by atoms with Crippen molar-refractivity contribution < 1.29 is 9.53 Å². The predicted molar refractivity (Wildman–Crippen MR) is 138 cm³/mol. The first-order valence-electron chi connectivity index (χ1n) is 11.3. The van der Waals surface area contributed by atoms with Gasteiger partial charge in [-0.15, -0.1) is 0 Å². The van der Waals surface area contributed by atoms with Crippen LogP contribution in [-0.4, -0.2) is 17.6 Å².